The summed E-state index contributed by atoms with van der Waals surface area (Å²) in [5.41, 5.74) is 2.46. The van der Waals surface area contributed by atoms with Crippen LogP contribution in [0.1, 0.15) is 24.0 Å². The maximum atomic E-state index is 12.3. The highest BCUT2D eigenvalue weighted by atomic mass is 16.5. The second-order valence-electron chi connectivity index (χ2n) is 6.57. The molecule has 1 saturated carbocycles. The number of amides is 1. The van der Waals surface area contributed by atoms with Crippen LogP contribution in [0, 0.1) is 0 Å². The molecule has 1 amide bonds. The molecule has 0 atom stereocenters. The molecule has 0 saturated heterocycles. The first-order valence-corrected chi connectivity index (χ1v) is 8.92. The minimum absolute atomic E-state index is 0.108. The molecule has 25 heavy (non-hydrogen) atoms. The van der Waals surface area contributed by atoms with Crippen molar-refractivity contribution in [2.24, 2.45) is 0 Å². The van der Waals surface area contributed by atoms with Crippen molar-refractivity contribution in [2.45, 2.75) is 31.8 Å². The third-order valence-electron chi connectivity index (χ3n) is 4.53. The van der Waals surface area contributed by atoms with Crippen LogP contribution in [0.3, 0.4) is 0 Å². The van der Waals surface area contributed by atoms with Gasteiger partial charge in [-0.2, -0.15) is 0 Å². The first-order valence-electron chi connectivity index (χ1n) is 8.92. The Labute approximate surface area is 149 Å². The maximum Gasteiger partial charge on any atom is 0.234 e. The summed E-state index contributed by atoms with van der Waals surface area (Å²) in [6.07, 6.45) is 3.25. The van der Waals surface area contributed by atoms with Gasteiger partial charge in [-0.1, -0.05) is 42.5 Å². The molecule has 0 heterocycles. The molecule has 1 aliphatic rings. The number of carbonyl (C=O) groups excluding carboxylic acids is 1. The molecule has 4 nitrogen and oxygen atoms in total. The Morgan fingerprint density at radius 2 is 1.80 bits per heavy atom. The number of carbonyl (C=O) groups is 1. The van der Waals surface area contributed by atoms with Gasteiger partial charge in [-0.15, -0.1) is 0 Å². The molecule has 4 heteroatoms. The fraction of sp³-hybridized carbons (Fsp3) is 0.381. The van der Waals surface area contributed by atoms with E-state index >= 15 is 0 Å². The summed E-state index contributed by atoms with van der Waals surface area (Å²) in [6.45, 7) is 1.95. The Morgan fingerprint density at radius 3 is 2.44 bits per heavy atom. The average Bonchev–Trinajstić information content (AvgIpc) is 3.48. The van der Waals surface area contributed by atoms with E-state index in [1.165, 1.54) is 24.0 Å². The largest absolute Gasteiger partial charge is 0.497 e. The van der Waals surface area contributed by atoms with Crippen LogP contribution in [0.4, 0.5) is 0 Å². The number of ether oxygens (including phenoxy) is 1. The predicted molar refractivity (Wildman–Crippen MR) is 99.6 cm³/mol. The van der Waals surface area contributed by atoms with Gasteiger partial charge in [0, 0.05) is 19.1 Å². The van der Waals surface area contributed by atoms with Gasteiger partial charge in [0.05, 0.1) is 13.7 Å². The zero-order chi connectivity index (χ0) is 17.5. The smallest absolute Gasteiger partial charge is 0.234 e. The maximum absolute atomic E-state index is 12.3. The first-order chi connectivity index (χ1) is 12.2. The Kier molecular flexibility index (Phi) is 6.07. The molecule has 1 N–H and O–H groups in total. The van der Waals surface area contributed by atoms with E-state index in [1.54, 1.807) is 7.11 Å². The topological polar surface area (TPSA) is 41.6 Å². The predicted octanol–water partition coefficient (Wildman–Crippen LogP) is 3.02. The van der Waals surface area contributed by atoms with E-state index in [4.69, 9.17) is 4.74 Å². The summed E-state index contributed by atoms with van der Waals surface area (Å²) in [5, 5.41) is 3.05. The van der Waals surface area contributed by atoms with E-state index < -0.39 is 0 Å². The van der Waals surface area contributed by atoms with Crippen molar-refractivity contribution in [3.05, 3.63) is 65.7 Å². The first kappa shape index (κ1) is 17.5. The molecule has 132 valence electrons. The number of methoxy groups -OCH3 is 1. The van der Waals surface area contributed by atoms with Gasteiger partial charge in [0.25, 0.3) is 0 Å². The summed E-state index contributed by atoms with van der Waals surface area (Å²) in [6, 6.07) is 18.9. The van der Waals surface area contributed by atoms with Crippen molar-refractivity contribution in [1.29, 1.82) is 0 Å². The molecule has 2 aromatic rings. The lowest BCUT2D eigenvalue weighted by Crippen LogP contribution is -2.38. The third kappa shape index (κ3) is 5.61. The van der Waals surface area contributed by atoms with Gasteiger partial charge in [-0.05, 0) is 42.5 Å². The second kappa shape index (κ2) is 8.67. The van der Waals surface area contributed by atoms with Gasteiger partial charge in [0.15, 0.2) is 0 Å². The Morgan fingerprint density at radius 1 is 1.08 bits per heavy atom. The number of hydrogen-bond acceptors (Lipinski definition) is 3. The quantitative estimate of drug-likeness (QED) is 0.764. The second-order valence-corrected chi connectivity index (χ2v) is 6.57. The molecule has 0 aliphatic heterocycles. The lowest BCUT2D eigenvalue weighted by molar-refractivity contribution is -0.122. The minimum atomic E-state index is 0.108. The van der Waals surface area contributed by atoms with Crippen molar-refractivity contribution >= 4 is 5.91 Å². The van der Waals surface area contributed by atoms with E-state index in [9.17, 15) is 4.79 Å². The van der Waals surface area contributed by atoms with Crippen molar-refractivity contribution in [2.75, 3.05) is 20.2 Å². The molecule has 0 unspecified atom stereocenters. The molecule has 3 rings (SSSR count). The Bertz CT molecular complexity index is 666. The van der Waals surface area contributed by atoms with Crippen LogP contribution in [0.25, 0.3) is 0 Å². The zero-order valence-electron chi connectivity index (χ0n) is 14.8. The van der Waals surface area contributed by atoms with E-state index in [-0.39, 0.29) is 5.91 Å². The van der Waals surface area contributed by atoms with E-state index in [0.29, 0.717) is 19.1 Å². The normalized spacial score (nSPS) is 13.7. The van der Waals surface area contributed by atoms with Crippen molar-refractivity contribution < 1.29 is 9.53 Å². The molecule has 0 radical (unpaired) electrons. The van der Waals surface area contributed by atoms with Crippen molar-refractivity contribution in [1.82, 2.24) is 10.2 Å². The van der Waals surface area contributed by atoms with Gasteiger partial charge in [-0.3, -0.25) is 9.69 Å². The van der Waals surface area contributed by atoms with Crippen molar-refractivity contribution in [3.8, 4) is 5.75 Å². The van der Waals surface area contributed by atoms with Crippen LogP contribution < -0.4 is 10.1 Å². The molecule has 2 aromatic carbocycles. The molecular formula is C21H26N2O2. The van der Waals surface area contributed by atoms with Crippen LogP contribution in [-0.4, -0.2) is 37.0 Å². The summed E-state index contributed by atoms with van der Waals surface area (Å²) in [7, 11) is 1.67. The van der Waals surface area contributed by atoms with Gasteiger partial charge in [0.2, 0.25) is 5.91 Å². The molecule has 0 bridgehead atoms. The zero-order valence-corrected chi connectivity index (χ0v) is 14.8. The van der Waals surface area contributed by atoms with Crippen LogP contribution >= 0.6 is 0 Å². The Hall–Kier alpha value is -2.33. The van der Waals surface area contributed by atoms with Crippen LogP contribution in [0.2, 0.25) is 0 Å². The highest BCUT2D eigenvalue weighted by Gasteiger charge is 2.30. The summed E-state index contributed by atoms with van der Waals surface area (Å²) in [5.74, 6) is 0.969. The molecule has 0 spiro atoms. The Balaban J connectivity index is 1.46. The van der Waals surface area contributed by atoms with Gasteiger partial charge < -0.3 is 10.1 Å². The molecule has 1 fully saturated rings. The fourth-order valence-corrected chi connectivity index (χ4v) is 2.95. The van der Waals surface area contributed by atoms with Gasteiger partial charge in [0.1, 0.15) is 5.75 Å². The van der Waals surface area contributed by atoms with E-state index in [2.05, 4.69) is 34.5 Å². The lowest BCUT2D eigenvalue weighted by Gasteiger charge is -2.21. The molecular weight excluding hydrogens is 312 g/mol. The average molecular weight is 338 g/mol. The third-order valence-corrected chi connectivity index (χ3v) is 4.53. The summed E-state index contributed by atoms with van der Waals surface area (Å²) in [4.78, 5) is 14.6. The molecule has 0 aromatic heterocycles. The number of hydrogen-bond donors (Lipinski definition) is 1. The van der Waals surface area contributed by atoms with E-state index in [1.807, 2.05) is 30.3 Å². The monoisotopic (exact) mass is 338 g/mol. The van der Waals surface area contributed by atoms with Crippen LogP contribution in [0.5, 0.6) is 5.75 Å². The number of rotatable bonds is 9. The number of benzene rings is 2. The van der Waals surface area contributed by atoms with Crippen LogP contribution in [-0.2, 0) is 17.8 Å². The number of nitrogens with zero attached hydrogens (tertiary/aromatic N) is 1. The standard InChI is InChI=1S/C21H26N2O2/c1-25-20-11-7-18(8-12-20)15-23(19-9-10-19)16-21(24)22-14-13-17-5-3-2-4-6-17/h2-8,11-12,19H,9-10,13-16H2,1H3,(H,22,24). The fourth-order valence-electron chi connectivity index (χ4n) is 2.95. The summed E-state index contributed by atoms with van der Waals surface area (Å²) >= 11 is 0. The lowest BCUT2D eigenvalue weighted by atomic mass is 10.1. The van der Waals surface area contributed by atoms with Gasteiger partial charge >= 0.3 is 0 Å². The minimum Gasteiger partial charge on any atom is -0.497 e. The molecule has 1 aliphatic carbocycles. The number of nitrogens with one attached hydrogen (secondary N) is 1. The summed E-state index contributed by atoms with van der Waals surface area (Å²) < 4.78 is 5.20. The van der Waals surface area contributed by atoms with Crippen molar-refractivity contribution in [3.63, 3.8) is 0 Å². The van der Waals surface area contributed by atoms with Crippen LogP contribution in [0.15, 0.2) is 54.6 Å². The highest BCUT2D eigenvalue weighted by molar-refractivity contribution is 5.78. The SMILES string of the molecule is COc1ccc(CN(CC(=O)NCCc2ccccc2)C2CC2)cc1. The highest BCUT2D eigenvalue weighted by Crippen LogP contribution is 2.28. The van der Waals surface area contributed by atoms with Gasteiger partial charge in [-0.25, -0.2) is 0 Å². The van der Waals surface area contributed by atoms with E-state index in [0.717, 1.165) is 18.7 Å².